The fourth-order valence-electron chi connectivity index (χ4n) is 4.07. The Balaban J connectivity index is 1.61. The Morgan fingerprint density at radius 1 is 0.697 bits per heavy atom. The van der Waals surface area contributed by atoms with Crippen molar-refractivity contribution in [1.82, 2.24) is 5.43 Å². The second-order valence-electron chi connectivity index (χ2n) is 10.9. The number of rotatable bonds is 4. The number of hydrogen-bond donors (Lipinski definition) is 1. The summed E-state index contributed by atoms with van der Waals surface area (Å²) in [4.78, 5) is 0. The minimum Gasteiger partial charge on any atom is -0.276 e. The number of anilines is 1. The third-order valence-electron chi connectivity index (χ3n) is 6.19. The highest BCUT2D eigenvalue weighted by Gasteiger charge is 2.24. The predicted octanol–water partition coefficient (Wildman–Crippen LogP) is 7.73. The first-order valence-electron chi connectivity index (χ1n) is 11.8. The largest absolute Gasteiger partial charge is 0.276 e. The van der Waals surface area contributed by atoms with Gasteiger partial charge in [0.15, 0.2) is 0 Å². The van der Waals surface area contributed by atoms with Crippen molar-refractivity contribution in [2.45, 2.75) is 58.4 Å². The number of hydrazine groups is 1. The summed E-state index contributed by atoms with van der Waals surface area (Å²) in [5, 5.41) is 2.20. The predicted molar refractivity (Wildman–Crippen MR) is 143 cm³/mol. The van der Waals surface area contributed by atoms with Crippen LogP contribution in [0, 0.1) is 0 Å². The zero-order valence-corrected chi connectivity index (χ0v) is 20.8. The maximum atomic E-state index is 3.66. The van der Waals surface area contributed by atoms with Crippen LogP contribution in [0.5, 0.6) is 0 Å². The van der Waals surface area contributed by atoms with E-state index in [2.05, 4.69) is 149 Å². The van der Waals surface area contributed by atoms with E-state index in [0.29, 0.717) is 0 Å². The fraction of sp³-hybridized carbons (Fsp3) is 0.290. The van der Waals surface area contributed by atoms with E-state index >= 15 is 0 Å². The summed E-state index contributed by atoms with van der Waals surface area (Å²) >= 11 is 0. The minimum absolute atomic E-state index is 0.116. The third-order valence-corrected chi connectivity index (χ3v) is 6.19. The van der Waals surface area contributed by atoms with Gasteiger partial charge < -0.3 is 0 Å². The quantitative estimate of drug-likeness (QED) is 0.450. The van der Waals surface area contributed by atoms with Crippen LogP contribution < -0.4 is 10.4 Å². The van der Waals surface area contributed by atoms with Crippen LogP contribution in [0.2, 0.25) is 0 Å². The molecule has 0 amide bonds. The number of nitrogens with one attached hydrogen (secondary N) is 1. The van der Waals surface area contributed by atoms with Gasteiger partial charge in [-0.2, -0.15) is 0 Å². The van der Waals surface area contributed by atoms with Gasteiger partial charge in [-0.1, -0.05) is 120 Å². The molecule has 1 atom stereocenters. The number of nitrogens with zero attached hydrogens (tertiary/aromatic N) is 1. The first kappa shape index (κ1) is 23.1. The van der Waals surface area contributed by atoms with Gasteiger partial charge in [0.1, 0.15) is 0 Å². The second kappa shape index (κ2) is 9.03. The van der Waals surface area contributed by atoms with E-state index in [-0.39, 0.29) is 16.9 Å². The molecule has 1 heterocycles. The molecule has 0 spiro atoms. The number of benzene rings is 3. The van der Waals surface area contributed by atoms with E-state index < -0.39 is 0 Å². The van der Waals surface area contributed by atoms with Crippen LogP contribution in [0.15, 0.2) is 91.0 Å². The van der Waals surface area contributed by atoms with Crippen molar-refractivity contribution in [3.8, 4) is 0 Å². The molecule has 0 radical (unpaired) electrons. The smallest absolute Gasteiger partial charge is 0.0654 e. The maximum Gasteiger partial charge on any atom is 0.0654 e. The zero-order chi connectivity index (χ0) is 23.6. The summed E-state index contributed by atoms with van der Waals surface area (Å²) in [7, 11) is 0. The summed E-state index contributed by atoms with van der Waals surface area (Å²) in [6.07, 6.45) is 6.74. The molecule has 4 rings (SSSR count). The highest BCUT2D eigenvalue weighted by molar-refractivity contribution is 5.81. The molecular formula is C31H36N2. The summed E-state index contributed by atoms with van der Waals surface area (Å²) in [6, 6.07) is 28.5. The topological polar surface area (TPSA) is 15.3 Å². The van der Waals surface area contributed by atoms with Crippen molar-refractivity contribution in [2.75, 3.05) is 5.01 Å². The van der Waals surface area contributed by atoms with Gasteiger partial charge in [0.05, 0.1) is 17.4 Å². The Morgan fingerprint density at radius 2 is 1.24 bits per heavy atom. The van der Waals surface area contributed by atoms with Crippen LogP contribution in [0.3, 0.4) is 0 Å². The Bertz CT molecular complexity index is 1120. The van der Waals surface area contributed by atoms with Crippen molar-refractivity contribution in [2.24, 2.45) is 0 Å². The first-order valence-corrected chi connectivity index (χ1v) is 11.8. The molecule has 1 aliphatic heterocycles. The maximum absolute atomic E-state index is 3.66. The van der Waals surface area contributed by atoms with Gasteiger partial charge in [0, 0.05) is 0 Å². The second-order valence-corrected chi connectivity index (χ2v) is 10.9. The van der Waals surface area contributed by atoms with Gasteiger partial charge in [0.25, 0.3) is 0 Å². The molecule has 3 aromatic rings. The normalized spacial score (nSPS) is 17.0. The van der Waals surface area contributed by atoms with E-state index in [9.17, 15) is 0 Å². The van der Waals surface area contributed by atoms with Crippen molar-refractivity contribution in [1.29, 1.82) is 0 Å². The van der Waals surface area contributed by atoms with Gasteiger partial charge in [-0.05, 0) is 51.3 Å². The summed E-state index contributed by atoms with van der Waals surface area (Å²) in [5.41, 5.74) is 11.4. The van der Waals surface area contributed by atoms with Crippen LogP contribution in [0.25, 0.3) is 11.8 Å². The lowest BCUT2D eigenvalue weighted by Crippen LogP contribution is -2.35. The highest BCUT2D eigenvalue weighted by Crippen LogP contribution is 2.31. The third kappa shape index (κ3) is 5.46. The summed E-state index contributed by atoms with van der Waals surface area (Å²) < 4.78 is 0. The lowest BCUT2D eigenvalue weighted by molar-refractivity contribution is 0.590. The summed E-state index contributed by atoms with van der Waals surface area (Å²) in [6.45, 7) is 13.5. The molecule has 0 saturated heterocycles. The van der Waals surface area contributed by atoms with E-state index in [4.69, 9.17) is 0 Å². The molecule has 1 aliphatic rings. The molecule has 0 fully saturated rings. The van der Waals surface area contributed by atoms with Gasteiger partial charge in [0.2, 0.25) is 0 Å². The average molecular weight is 437 g/mol. The average Bonchev–Trinajstić information content (AvgIpc) is 3.22. The van der Waals surface area contributed by atoms with Crippen molar-refractivity contribution >= 4 is 17.5 Å². The lowest BCUT2D eigenvalue weighted by atomic mass is 9.86. The zero-order valence-electron chi connectivity index (χ0n) is 20.8. The van der Waals surface area contributed by atoms with Crippen LogP contribution in [0.4, 0.5) is 5.69 Å². The van der Waals surface area contributed by atoms with Gasteiger partial charge >= 0.3 is 0 Å². The van der Waals surface area contributed by atoms with E-state index in [1.165, 1.54) is 28.0 Å². The molecule has 3 aromatic carbocycles. The number of hydrogen-bond acceptors (Lipinski definition) is 2. The van der Waals surface area contributed by atoms with Gasteiger partial charge in [-0.15, -0.1) is 0 Å². The molecule has 0 bridgehead atoms. The van der Waals surface area contributed by atoms with Gasteiger partial charge in [-0.25, -0.2) is 5.43 Å². The van der Waals surface area contributed by atoms with Gasteiger partial charge in [-0.3, -0.25) is 5.01 Å². The van der Waals surface area contributed by atoms with E-state index in [1.807, 2.05) is 0 Å². The van der Waals surface area contributed by atoms with Crippen LogP contribution in [0.1, 0.15) is 63.8 Å². The number of para-hydroxylation sites is 1. The van der Waals surface area contributed by atoms with Crippen LogP contribution in [-0.4, -0.2) is 6.04 Å². The molecule has 2 heteroatoms. The van der Waals surface area contributed by atoms with Crippen molar-refractivity contribution in [3.63, 3.8) is 0 Å². The van der Waals surface area contributed by atoms with E-state index in [0.717, 1.165) is 5.69 Å². The lowest BCUT2D eigenvalue weighted by Gasteiger charge is -2.25. The van der Waals surface area contributed by atoms with Crippen LogP contribution in [-0.2, 0) is 10.8 Å². The van der Waals surface area contributed by atoms with E-state index in [1.54, 1.807) is 0 Å². The highest BCUT2D eigenvalue weighted by atomic mass is 15.5. The summed E-state index contributed by atoms with van der Waals surface area (Å²) in [5.74, 6) is 0. The molecule has 0 aliphatic carbocycles. The standard InChI is InChI=1S/C31H36N2/c1-30(2,3)25-17-12-23(13-18-25)14-21-27-22-29(33(32-27)28-10-8-7-9-11-28)24-15-19-26(20-16-24)31(4,5)6/h7-22,27,32H,1-6H3. The molecule has 0 aromatic heterocycles. The van der Waals surface area contributed by atoms with Crippen molar-refractivity contribution in [3.05, 3.63) is 113 Å². The molecule has 170 valence electrons. The molecule has 1 unspecified atom stereocenters. The van der Waals surface area contributed by atoms with Crippen molar-refractivity contribution < 1.29 is 0 Å². The Hall–Kier alpha value is -3.10. The van der Waals surface area contributed by atoms with Crippen LogP contribution >= 0.6 is 0 Å². The molecule has 0 saturated carbocycles. The Morgan fingerprint density at radius 3 is 1.79 bits per heavy atom. The molecule has 33 heavy (non-hydrogen) atoms. The Labute approximate surface area is 199 Å². The first-order chi connectivity index (χ1) is 15.6. The molecule has 1 N–H and O–H groups in total. The SMILES string of the molecule is CC(C)(C)c1ccc(C=CC2C=C(c3ccc(C(C)(C)C)cc3)N(c3ccccc3)N2)cc1. The fourth-order valence-corrected chi connectivity index (χ4v) is 4.07. The Kier molecular flexibility index (Phi) is 6.32. The molecule has 2 nitrogen and oxygen atoms in total. The monoisotopic (exact) mass is 436 g/mol. The minimum atomic E-state index is 0.116. The molecular weight excluding hydrogens is 400 g/mol.